The van der Waals surface area contributed by atoms with Gasteiger partial charge in [0.05, 0.1) is 0 Å². The summed E-state index contributed by atoms with van der Waals surface area (Å²) in [6.45, 7) is 7.61. The Hall–Kier alpha value is -2.01. The standard InChI is InChI=1S/C18H21NO3S/c1-11-14(23-10-12-6-5-7-19-9-12)8-13(18(2,3)4)16(20)15(11)17(21)22/h5-9,20H,10H2,1-4H3,(H,21,22). The van der Waals surface area contributed by atoms with Crippen LogP contribution in [0.15, 0.2) is 35.5 Å². The molecular weight excluding hydrogens is 310 g/mol. The molecule has 2 rings (SSSR count). The van der Waals surface area contributed by atoms with E-state index in [0.29, 0.717) is 16.9 Å². The maximum absolute atomic E-state index is 11.6. The third-order valence-electron chi connectivity index (χ3n) is 3.65. The minimum Gasteiger partial charge on any atom is -0.507 e. The Morgan fingerprint density at radius 1 is 1.35 bits per heavy atom. The molecule has 0 bridgehead atoms. The first-order valence-electron chi connectivity index (χ1n) is 7.34. The van der Waals surface area contributed by atoms with Crippen molar-refractivity contribution in [1.82, 2.24) is 4.98 Å². The summed E-state index contributed by atoms with van der Waals surface area (Å²) in [5.74, 6) is -0.537. The van der Waals surface area contributed by atoms with Crippen molar-refractivity contribution in [3.63, 3.8) is 0 Å². The Balaban J connectivity index is 2.46. The number of nitrogens with zero attached hydrogens (tertiary/aromatic N) is 1. The number of pyridine rings is 1. The van der Waals surface area contributed by atoms with Gasteiger partial charge in [0.1, 0.15) is 11.3 Å². The first-order chi connectivity index (χ1) is 10.7. The molecule has 0 aliphatic carbocycles. The number of aromatic nitrogens is 1. The van der Waals surface area contributed by atoms with Gasteiger partial charge in [0.15, 0.2) is 0 Å². The molecule has 0 saturated carbocycles. The van der Waals surface area contributed by atoms with Crippen molar-refractivity contribution >= 4 is 17.7 Å². The van der Waals surface area contributed by atoms with E-state index in [4.69, 9.17) is 0 Å². The highest BCUT2D eigenvalue weighted by atomic mass is 32.2. The number of aromatic carboxylic acids is 1. The van der Waals surface area contributed by atoms with Gasteiger partial charge >= 0.3 is 5.97 Å². The lowest BCUT2D eigenvalue weighted by molar-refractivity contribution is 0.0692. The fourth-order valence-corrected chi connectivity index (χ4v) is 3.38. The summed E-state index contributed by atoms with van der Waals surface area (Å²) in [5, 5.41) is 19.9. The SMILES string of the molecule is Cc1c(SCc2cccnc2)cc(C(C)(C)C)c(O)c1C(=O)O. The molecule has 2 aromatic rings. The van der Waals surface area contributed by atoms with E-state index >= 15 is 0 Å². The summed E-state index contributed by atoms with van der Waals surface area (Å²) in [5.41, 5.74) is 1.96. The Kier molecular flexibility index (Phi) is 5.00. The second-order valence-electron chi connectivity index (χ2n) is 6.48. The normalized spacial score (nSPS) is 11.5. The van der Waals surface area contributed by atoms with Gasteiger partial charge in [-0.2, -0.15) is 0 Å². The number of aromatic hydroxyl groups is 1. The van der Waals surface area contributed by atoms with Crippen LogP contribution in [0.2, 0.25) is 0 Å². The van der Waals surface area contributed by atoms with Gasteiger partial charge < -0.3 is 10.2 Å². The first kappa shape index (κ1) is 17.3. The molecule has 0 radical (unpaired) electrons. The molecule has 23 heavy (non-hydrogen) atoms. The molecule has 122 valence electrons. The van der Waals surface area contributed by atoms with Gasteiger partial charge in [0.25, 0.3) is 0 Å². The number of hydrogen-bond donors (Lipinski definition) is 2. The molecular formula is C18H21NO3S. The predicted molar refractivity (Wildman–Crippen MR) is 92.3 cm³/mol. The van der Waals surface area contributed by atoms with Crippen LogP contribution in [0.5, 0.6) is 5.75 Å². The minimum atomic E-state index is -1.10. The van der Waals surface area contributed by atoms with Gasteiger partial charge in [-0.15, -0.1) is 11.8 Å². The summed E-state index contributed by atoms with van der Waals surface area (Å²) in [6, 6.07) is 5.76. The first-order valence-corrected chi connectivity index (χ1v) is 8.32. The minimum absolute atomic E-state index is 0.00823. The van der Waals surface area contributed by atoms with Crippen LogP contribution >= 0.6 is 11.8 Å². The van der Waals surface area contributed by atoms with Crippen molar-refractivity contribution in [3.8, 4) is 5.75 Å². The molecule has 0 atom stereocenters. The number of benzene rings is 1. The molecule has 0 aliphatic rings. The van der Waals surface area contributed by atoms with Crippen LogP contribution in [-0.4, -0.2) is 21.2 Å². The lowest BCUT2D eigenvalue weighted by atomic mass is 9.84. The lowest BCUT2D eigenvalue weighted by Gasteiger charge is -2.24. The van der Waals surface area contributed by atoms with Crippen LogP contribution in [0.3, 0.4) is 0 Å². The molecule has 0 fully saturated rings. The zero-order chi connectivity index (χ0) is 17.2. The molecule has 5 heteroatoms. The van der Waals surface area contributed by atoms with Crippen molar-refractivity contribution in [2.24, 2.45) is 0 Å². The highest BCUT2D eigenvalue weighted by molar-refractivity contribution is 7.98. The number of thioether (sulfide) groups is 1. The molecule has 0 aliphatic heterocycles. The average molecular weight is 331 g/mol. The van der Waals surface area contributed by atoms with E-state index in [1.54, 1.807) is 31.1 Å². The van der Waals surface area contributed by atoms with E-state index in [2.05, 4.69) is 4.98 Å². The topological polar surface area (TPSA) is 70.4 Å². The molecule has 0 saturated heterocycles. The van der Waals surface area contributed by atoms with Gasteiger partial charge in [-0.25, -0.2) is 4.79 Å². The smallest absolute Gasteiger partial charge is 0.339 e. The third-order valence-corrected chi connectivity index (χ3v) is 4.86. The molecule has 1 aromatic heterocycles. The van der Waals surface area contributed by atoms with Crippen LogP contribution in [-0.2, 0) is 11.2 Å². The molecule has 0 spiro atoms. The monoisotopic (exact) mass is 331 g/mol. The van der Waals surface area contributed by atoms with Gasteiger partial charge in [-0.05, 0) is 35.6 Å². The fourth-order valence-electron chi connectivity index (χ4n) is 2.37. The van der Waals surface area contributed by atoms with Crippen molar-refractivity contribution in [1.29, 1.82) is 0 Å². The molecule has 2 N–H and O–H groups in total. The molecule has 0 unspecified atom stereocenters. The van der Waals surface area contributed by atoms with Crippen LogP contribution in [0, 0.1) is 6.92 Å². The Labute approximate surface area is 140 Å². The predicted octanol–water partition coefficient (Wildman–Crippen LogP) is 4.38. The Morgan fingerprint density at radius 2 is 2.04 bits per heavy atom. The summed E-state index contributed by atoms with van der Waals surface area (Å²) in [7, 11) is 0. The highest BCUT2D eigenvalue weighted by Crippen LogP contribution is 2.40. The summed E-state index contributed by atoms with van der Waals surface area (Å²) in [4.78, 5) is 16.5. The van der Waals surface area contributed by atoms with Crippen molar-refractivity contribution in [3.05, 3.63) is 52.8 Å². The van der Waals surface area contributed by atoms with Crippen molar-refractivity contribution < 1.29 is 15.0 Å². The van der Waals surface area contributed by atoms with Gasteiger partial charge in [0, 0.05) is 28.6 Å². The van der Waals surface area contributed by atoms with E-state index in [1.165, 1.54) is 0 Å². The molecule has 1 heterocycles. The highest BCUT2D eigenvalue weighted by Gasteiger charge is 2.26. The van der Waals surface area contributed by atoms with Crippen LogP contribution in [0.4, 0.5) is 0 Å². The van der Waals surface area contributed by atoms with Crippen molar-refractivity contribution in [2.75, 3.05) is 0 Å². The van der Waals surface area contributed by atoms with E-state index in [9.17, 15) is 15.0 Å². The second kappa shape index (κ2) is 6.62. The maximum atomic E-state index is 11.6. The van der Waals surface area contributed by atoms with E-state index in [1.807, 2.05) is 39.0 Å². The van der Waals surface area contributed by atoms with E-state index in [0.717, 1.165) is 10.5 Å². The Bertz CT molecular complexity index is 721. The van der Waals surface area contributed by atoms with Gasteiger partial charge in [0.2, 0.25) is 0 Å². The zero-order valence-electron chi connectivity index (χ0n) is 13.8. The van der Waals surface area contributed by atoms with Gasteiger partial charge in [-0.1, -0.05) is 26.8 Å². The molecule has 0 amide bonds. The number of carboxylic acids is 1. The summed E-state index contributed by atoms with van der Waals surface area (Å²) in [6.07, 6.45) is 3.52. The number of carbonyl (C=O) groups is 1. The van der Waals surface area contributed by atoms with Crippen LogP contribution < -0.4 is 0 Å². The summed E-state index contributed by atoms with van der Waals surface area (Å²) < 4.78 is 0. The number of carboxylic acid groups (broad SMARTS) is 1. The maximum Gasteiger partial charge on any atom is 0.339 e. The number of phenols is 1. The average Bonchev–Trinajstić information content (AvgIpc) is 2.46. The number of rotatable bonds is 4. The van der Waals surface area contributed by atoms with Crippen molar-refractivity contribution in [2.45, 2.75) is 43.8 Å². The Morgan fingerprint density at radius 3 is 2.57 bits per heavy atom. The van der Waals surface area contributed by atoms with Gasteiger partial charge in [-0.3, -0.25) is 4.98 Å². The molecule has 4 nitrogen and oxygen atoms in total. The van der Waals surface area contributed by atoms with E-state index in [-0.39, 0.29) is 16.7 Å². The second-order valence-corrected chi connectivity index (χ2v) is 7.49. The van der Waals surface area contributed by atoms with Crippen LogP contribution in [0.1, 0.15) is 47.8 Å². The fraction of sp³-hybridized carbons (Fsp3) is 0.333. The quantitative estimate of drug-likeness (QED) is 0.813. The molecule has 1 aromatic carbocycles. The van der Waals surface area contributed by atoms with Crippen LogP contribution in [0.25, 0.3) is 0 Å². The summed E-state index contributed by atoms with van der Waals surface area (Å²) >= 11 is 1.56. The number of hydrogen-bond acceptors (Lipinski definition) is 4. The zero-order valence-corrected chi connectivity index (χ0v) is 14.6. The van der Waals surface area contributed by atoms with E-state index < -0.39 is 5.97 Å². The third kappa shape index (κ3) is 3.85. The largest absolute Gasteiger partial charge is 0.507 e. The lowest BCUT2D eigenvalue weighted by Crippen LogP contribution is -2.14.